The summed E-state index contributed by atoms with van der Waals surface area (Å²) in [4.78, 5) is 15.0. The third-order valence-corrected chi connectivity index (χ3v) is 4.76. The van der Waals surface area contributed by atoms with Crippen molar-refractivity contribution in [3.63, 3.8) is 0 Å². The van der Waals surface area contributed by atoms with Crippen LogP contribution in [0.2, 0.25) is 0 Å². The fourth-order valence-corrected chi connectivity index (χ4v) is 3.34. The lowest BCUT2D eigenvalue weighted by atomic mass is 10.0. The molecule has 1 aliphatic rings. The highest BCUT2D eigenvalue weighted by molar-refractivity contribution is 5.95. The van der Waals surface area contributed by atoms with Gasteiger partial charge in [0.05, 0.1) is 19.3 Å². The molecule has 1 fully saturated rings. The zero-order valence-electron chi connectivity index (χ0n) is 15.0. The Morgan fingerprint density at radius 1 is 1.12 bits per heavy atom. The fraction of sp³-hybridized carbons (Fsp3) is 0.381. The van der Waals surface area contributed by atoms with Gasteiger partial charge in [0.1, 0.15) is 0 Å². The Balaban J connectivity index is 1.75. The van der Waals surface area contributed by atoms with E-state index in [1.807, 2.05) is 31.2 Å². The summed E-state index contributed by atoms with van der Waals surface area (Å²) in [5.41, 5.74) is 4.22. The first kappa shape index (κ1) is 17.6. The first-order valence-corrected chi connectivity index (χ1v) is 8.87. The van der Waals surface area contributed by atoms with Crippen molar-refractivity contribution in [3.8, 4) is 0 Å². The molecule has 1 saturated heterocycles. The number of hydrogen-bond donors (Lipinski definition) is 1. The number of benzene rings is 2. The minimum absolute atomic E-state index is 0.0102. The van der Waals surface area contributed by atoms with Crippen LogP contribution in [0.3, 0.4) is 0 Å². The van der Waals surface area contributed by atoms with Crippen LogP contribution < -0.4 is 5.32 Å². The van der Waals surface area contributed by atoms with Crippen molar-refractivity contribution < 1.29 is 9.53 Å². The van der Waals surface area contributed by atoms with Crippen LogP contribution in [0.4, 0.5) is 0 Å². The second-order valence-corrected chi connectivity index (χ2v) is 6.60. The summed E-state index contributed by atoms with van der Waals surface area (Å²) in [7, 11) is 0. The van der Waals surface area contributed by atoms with Crippen LogP contribution >= 0.6 is 0 Å². The van der Waals surface area contributed by atoms with E-state index in [4.69, 9.17) is 4.74 Å². The second kappa shape index (κ2) is 8.28. The van der Waals surface area contributed by atoms with E-state index in [-0.39, 0.29) is 11.9 Å². The molecule has 25 heavy (non-hydrogen) atoms. The lowest BCUT2D eigenvalue weighted by Crippen LogP contribution is -2.43. The van der Waals surface area contributed by atoms with Crippen LogP contribution in [-0.4, -0.2) is 43.7 Å². The van der Waals surface area contributed by atoms with E-state index >= 15 is 0 Å². The quantitative estimate of drug-likeness (QED) is 0.911. The summed E-state index contributed by atoms with van der Waals surface area (Å²) in [5.74, 6) is -0.0102. The van der Waals surface area contributed by atoms with Gasteiger partial charge >= 0.3 is 0 Å². The molecule has 1 amide bonds. The number of aryl methyl sites for hydroxylation is 2. The molecule has 0 bridgehead atoms. The first-order valence-electron chi connectivity index (χ1n) is 8.87. The summed E-state index contributed by atoms with van der Waals surface area (Å²) in [5, 5.41) is 3.13. The van der Waals surface area contributed by atoms with E-state index in [9.17, 15) is 4.79 Å². The van der Waals surface area contributed by atoms with E-state index in [1.165, 1.54) is 11.1 Å². The molecule has 1 heterocycles. The topological polar surface area (TPSA) is 41.6 Å². The minimum Gasteiger partial charge on any atom is -0.379 e. The number of carbonyl (C=O) groups excluding carboxylic acids is 1. The van der Waals surface area contributed by atoms with Crippen molar-refractivity contribution in [1.82, 2.24) is 10.2 Å². The van der Waals surface area contributed by atoms with Crippen molar-refractivity contribution in [1.29, 1.82) is 0 Å². The predicted molar refractivity (Wildman–Crippen MR) is 99.8 cm³/mol. The molecule has 1 aliphatic heterocycles. The first-order chi connectivity index (χ1) is 12.1. The summed E-state index contributed by atoms with van der Waals surface area (Å²) in [6.07, 6.45) is 0. The van der Waals surface area contributed by atoms with Gasteiger partial charge in [0.2, 0.25) is 0 Å². The van der Waals surface area contributed by atoms with Crippen LogP contribution in [0.15, 0.2) is 48.5 Å². The zero-order valence-corrected chi connectivity index (χ0v) is 15.0. The lowest BCUT2D eigenvalue weighted by molar-refractivity contribution is 0.0162. The Hall–Kier alpha value is -2.17. The highest BCUT2D eigenvalue weighted by atomic mass is 16.5. The number of hydrogen-bond acceptors (Lipinski definition) is 3. The average Bonchev–Trinajstić information content (AvgIpc) is 2.63. The summed E-state index contributed by atoms with van der Waals surface area (Å²) >= 11 is 0. The van der Waals surface area contributed by atoms with Gasteiger partial charge in [-0.2, -0.15) is 0 Å². The Morgan fingerprint density at radius 2 is 1.88 bits per heavy atom. The van der Waals surface area contributed by atoms with Gasteiger partial charge in [-0.15, -0.1) is 0 Å². The zero-order chi connectivity index (χ0) is 17.6. The fourth-order valence-electron chi connectivity index (χ4n) is 3.34. The molecule has 0 radical (unpaired) electrons. The SMILES string of the molecule is Cc1cccc(C(CNC(=O)c2ccccc2C)N2CCOCC2)c1. The maximum absolute atomic E-state index is 12.6. The Kier molecular flexibility index (Phi) is 5.84. The smallest absolute Gasteiger partial charge is 0.251 e. The largest absolute Gasteiger partial charge is 0.379 e. The van der Waals surface area contributed by atoms with Crippen LogP contribution in [0.1, 0.15) is 33.1 Å². The molecule has 0 aromatic heterocycles. The van der Waals surface area contributed by atoms with Crippen molar-refractivity contribution >= 4 is 5.91 Å². The number of amides is 1. The Morgan fingerprint density at radius 3 is 2.60 bits per heavy atom. The molecule has 0 spiro atoms. The molecule has 132 valence electrons. The van der Waals surface area contributed by atoms with Crippen LogP contribution in [0.5, 0.6) is 0 Å². The molecule has 1 N–H and O–H groups in total. The van der Waals surface area contributed by atoms with E-state index in [0.29, 0.717) is 6.54 Å². The van der Waals surface area contributed by atoms with Crippen molar-refractivity contribution in [2.75, 3.05) is 32.8 Å². The van der Waals surface area contributed by atoms with Crippen LogP contribution in [-0.2, 0) is 4.74 Å². The lowest BCUT2D eigenvalue weighted by Gasteiger charge is -2.35. The van der Waals surface area contributed by atoms with Gasteiger partial charge in [-0.25, -0.2) is 0 Å². The molecule has 1 unspecified atom stereocenters. The molecule has 0 aliphatic carbocycles. The third-order valence-electron chi connectivity index (χ3n) is 4.76. The number of ether oxygens (including phenoxy) is 1. The van der Waals surface area contributed by atoms with Gasteiger partial charge in [0, 0.05) is 25.2 Å². The summed E-state index contributed by atoms with van der Waals surface area (Å²) in [6, 6.07) is 16.4. The Bertz CT molecular complexity index is 723. The molecule has 2 aromatic rings. The standard InChI is InChI=1S/C21H26N2O2/c1-16-6-5-8-18(14-16)20(23-10-12-25-13-11-23)15-22-21(24)19-9-4-3-7-17(19)2/h3-9,14,20H,10-13,15H2,1-2H3,(H,22,24). The van der Waals surface area contributed by atoms with Gasteiger partial charge in [-0.1, -0.05) is 48.0 Å². The maximum atomic E-state index is 12.6. The van der Waals surface area contributed by atoms with Crippen molar-refractivity contribution in [3.05, 3.63) is 70.8 Å². The number of nitrogens with zero attached hydrogens (tertiary/aromatic N) is 1. The van der Waals surface area contributed by atoms with Gasteiger partial charge in [-0.05, 0) is 31.0 Å². The molecule has 4 heteroatoms. The maximum Gasteiger partial charge on any atom is 0.251 e. The highest BCUT2D eigenvalue weighted by Gasteiger charge is 2.23. The van der Waals surface area contributed by atoms with Crippen molar-refractivity contribution in [2.24, 2.45) is 0 Å². The predicted octanol–water partition coefficient (Wildman–Crippen LogP) is 3.11. The molecule has 2 aromatic carbocycles. The van der Waals surface area contributed by atoms with Crippen LogP contribution in [0.25, 0.3) is 0 Å². The monoisotopic (exact) mass is 338 g/mol. The second-order valence-electron chi connectivity index (χ2n) is 6.60. The van der Waals surface area contributed by atoms with E-state index in [0.717, 1.165) is 37.4 Å². The molecule has 3 rings (SSSR count). The number of carbonyl (C=O) groups is 1. The van der Waals surface area contributed by atoms with Gasteiger partial charge in [-0.3, -0.25) is 9.69 Å². The summed E-state index contributed by atoms with van der Waals surface area (Å²) in [6.45, 7) is 7.93. The summed E-state index contributed by atoms with van der Waals surface area (Å²) < 4.78 is 5.49. The van der Waals surface area contributed by atoms with Gasteiger partial charge in [0.25, 0.3) is 5.91 Å². The molecule has 4 nitrogen and oxygen atoms in total. The van der Waals surface area contributed by atoms with Crippen LogP contribution in [0, 0.1) is 13.8 Å². The van der Waals surface area contributed by atoms with Gasteiger partial charge < -0.3 is 10.1 Å². The highest BCUT2D eigenvalue weighted by Crippen LogP contribution is 2.22. The molecule has 0 saturated carbocycles. The Labute approximate surface area is 149 Å². The molecule has 1 atom stereocenters. The van der Waals surface area contributed by atoms with E-state index in [1.54, 1.807) is 0 Å². The number of nitrogens with one attached hydrogen (secondary N) is 1. The molecular weight excluding hydrogens is 312 g/mol. The number of morpholine rings is 1. The van der Waals surface area contributed by atoms with E-state index in [2.05, 4.69) is 41.4 Å². The normalized spacial score (nSPS) is 16.4. The minimum atomic E-state index is -0.0102. The third kappa shape index (κ3) is 4.47. The van der Waals surface area contributed by atoms with E-state index < -0.39 is 0 Å². The van der Waals surface area contributed by atoms with Crippen molar-refractivity contribution in [2.45, 2.75) is 19.9 Å². The van der Waals surface area contributed by atoms with Gasteiger partial charge in [0.15, 0.2) is 0 Å². The number of rotatable bonds is 5. The average molecular weight is 338 g/mol. The molecular formula is C21H26N2O2.